The summed E-state index contributed by atoms with van der Waals surface area (Å²) in [6, 6.07) is 7.34. The van der Waals surface area contributed by atoms with Crippen LogP contribution in [0.5, 0.6) is 0 Å². The van der Waals surface area contributed by atoms with E-state index in [1.165, 1.54) is 12.1 Å². The molecule has 0 aliphatic heterocycles. The van der Waals surface area contributed by atoms with Crippen LogP contribution in [0.25, 0.3) is 0 Å². The van der Waals surface area contributed by atoms with E-state index >= 15 is 0 Å². The molecular formula is C22H24N6O18S6. The van der Waals surface area contributed by atoms with Gasteiger partial charge in [0.25, 0.3) is 20.2 Å². The number of azo groups is 2. The maximum Gasteiger partial charge on any atom is 0.397 e. The Bertz CT molecular complexity index is 2420. The van der Waals surface area contributed by atoms with Crippen LogP contribution in [0.15, 0.2) is 88.6 Å². The Morgan fingerprint density at radius 1 is 0.635 bits per heavy atom. The smallest absolute Gasteiger partial charge is 0.396 e. The van der Waals surface area contributed by atoms with Crippen LogP contribution in [0, 0.1) is 0 Å². The molecule has 0 unspecified atom stereocenters. The van der Waals surface area contributed by atoms with Crippen molar-refractivity contribution in [3.05, 3.63) is 48.5 Å². The number of nitrogens with zero attached hydrogens (tertiary/aromatic N) is 4. The lowest BCUT2D eigenvalue weighted by molar-refractivity contribution is -0.434. The fourth-order valence-electron chi connectivity index (χ4n) is 3.67. The van der Waals surface area contributed by atoms with Gasteiger partial charge < -0.3 is 11.5 Å². The molecule has 0 heterocycles. The topological polar surface area (TPSA) is 390 Å². The maximum absolute atomic E-state index is 12.6. The van der Waals surface area contributed by atoms with Crippen molar-refractivity contribution in [2.24, 2.45) is 20.5 Å². The van der Waals surface area contributed by atoms with Gasteiger partial charge in [-0.2, -0.15) is 30.4 Å². The minimum atomic E-state index is -5.26. The highest BCUT2D eigenvalue weighted by Crippen LogP contribution is 2.43. The number of hydrogen-bond acceptors (Lipinski definition) is 22. The summed E-state index contributed by atoms with van der Waals surface area (Å²) in [6.45, 7) is -1.42. The van der Waals surface area contributed by atoms with Crippen LogP contribution in [-0.4, -0.2) is 85.7 Å². The van der Waals surface area contributed by atoms with Crippen LogP contribution in [0.2, 0.25) is 0 Å². The Labute approximate surface area is 299 Å². The molecule has 0 fully saturated rings. The molecule has 30 heteroatoms. The van der Waals surface area contributed by atoms with E-state index in [1.54, 1.807) is 0 Å². The van der Waals surface area contributed by atoms with Crippen molar-refractivity contribution in [1.29, 1.82) is 0 Å². The van der Waals surface area contributed by atoms with Crippen molar-refractivity contribution in [2.75, 3.05) is 36.2 Å². The highest BCUT2D eigenvalue weighted by Gasteiger charge is 2.25. The largest absolute Gasteiger partial charge is 0.397 e. The first-order valence-corrected chi connectivity index (χ1v) is 21.3. The molecule has 0 bridgehead atoms. The minimum Gasteiger partial charge on any atom is -0.396 e. The average Bonchev–Trinajstić information content (AvgIpc) is 3.02. The van der Waals surface area contributed by atoms with E-state index in [4.69, 9.17) is 25.5 Å². The van der Waals surface area contributed by atoms with Gasteiger partial charge in [0.15, 0.2) is 32.0 Å². The van der Waals surface area contributed by atoms with Crippen molar-refractivity contribution in [1.82, 2.24) is 0 Å². The molecule has 0 spiro atoms. The van der Waals surface area contributed by atoms with Gasteiger partial charge in [0, 0.05) is 0 Å². The molecule has 3 aromatic rings. The SMILES string of the molecule is Nc1c(N=Nc2ccc(S(=O)(=O)CCOSOOO)cc2)cc(S(=O)(=O)O)c(N)c1N=Nc1ccc(S(=O)(=O)CCOS(=O)(=O)O)cc1S(=O)(=O)O. The second-order valence-electron chi connectivity index (χ2n) is 9.46. The summed E-state index contributed by atoms with van der Waals surface area (Å²) in [5, 5.41) is 26.2. The van der Waals surface area contributed by atoms with E-state index in [9.17, 15) is 51.2 Å². The molecule has 0 atom stereocenters. The van der Waals surface area contributed by atoms with Crippen LogP contribution in [0.3, 0.4) is 0 Å². The lowest BCUT2D eigenvalue weighted by Gasteiger charge is -2.11. The molecule has 0 aliphatic carbocycles. The van der Waals surface area contributed by atoms with Crippen molar-refractivity contribution in [3.8, 4) is 0 Å². The molecule has 286 valence electrons. The highest BCUT2D eigenvalue weighted by molar-refractivity contribution is 7.92. The van der Waals surface area contributed by atoms with Crippen LogP contribution < -0.4 is 11.5 Å². The second-order valence-corrected chi connectivity index (χ2v) is 18.1. The van der Waals surface area contributed by atoms with E-state index in [0.29, 0.717) is 12.1 Å². The van der Waals surface area contributed by atoms with E-state index in [2.05, 4.69) is 34.0 Å². The lowest BCUT2D eigenvalue weighted by atomic mass is 10.2. The molecular weight excluding hydrogens is 829 g/mol. The summed E-state index contributed by atoms with van der Waals surface area (Å²) in [5.41, 5.74) is 8.58. The van der Waals surface area contributed by atoms with Gasteiger partial charge in [0.05, 0.1) is 51.6 Å². The van der Waals surface area contributed by atoms with Crippen molar-refractivity contribution < 1.29 is 78.7 Å². The second kappa shape index (κ2) is 16.9. The van der Waals surface area contributed by atoms with Gasteiger partial charge in [-0.05, 0) is 48.5 Å². The van der Waals surface area contributed by atoms with Crippen molar-refractivity contribution in [3.63, 3.8) is 0 Å². The van der Waals surface area contributed by atoms with Gasteiger partial charge in [-0.25, -0.2) is 26.3 Å². The number of nitrogen functional groups attached to an aromatic ring is 2. The Morgan fingerprint density at radius 3 is 1.77 bits per heavy atom. The number of sulfone groups is 2. The van der Waals surface area contributed by atoms with Gasteiger partial charge in [-0.3, -0.25) is 17.8 Å². The summed E-state index contributed by atoms with van der Waals surface area (Å²) < 4.78 is 161. The predicted octanol–water partition coefficient (Wildman–Crippen LogP) is 2.54. The monoisotopic (exact) mass is 852 g/mol. The molecule has 52 heavy (non-hydrogen) atoms. The maximum atomic E-state index is 12.6. The normalized spacial score (nSPS) is 13.3. The Kier molecular flexibility index (Phi) is 13.9. The molecule has 0 saturated heterocycles. The Balaban J connectivity index is 2.00. The first kappa shape index (κ1) is 42.7. The van der Waals surface area contributed by atoms with Crippen LogP contribution in [-0.2, 0) is 68.0 Å². The minimum absolute atomic E-state index is 0.00411. The summed E-state index contributed by atoms with van der Waals surface area (Å²) >= 11 is 0.183. The molecule has 0 aromatic heterocycles. The fraction of sp³-hybridized carbons (Fsp3) is 0.182. The van der Waals surface area contributed by atoms with E-state index in [1.807, 2.05) is 0 Å². The van der Waals surface area contributed by atoms with Gasteiger partial charge in [0.2, 0.25) is 0 Å². The molecule has 8 N–H and O–H groups in total. The zero-order chi connectivity index (χ0) is 39.1. The van der Waals surface area contributed by atoms with Gasteiger partial charge in [0.1, 0.15) is 26.9 Å². The zero-order valence-electron chi connectivity index (χ0n) is 25.3. The third-order valence-electron chi connectivity index (χ3n) is 6.02. The van der Waals surface area contributed by atoms with Crippen LogP contribution in [0.1, 0.15) is 0 Å². The predicted molar refractivity (Wildman–Crippen MR) is 176 cm³/mol. The summed E-state index contributed by atoms with van der Waals surface area (Å²) in [5.74, 6) is -1.57. The first-order chi connectivity index (χ1) is 24.0. The Hall–Kier alpha value is -3.76. The average molecular weight is 853 g/mol. The number of hydrogen-bond donors (Lipinski definition) is 6. The van der Waals surface area contributed by atoms with Crippen LogP contribution >= 0.6 is 12.3 Å². The quantitative estimate of drug-likeness (QED) is 0.0204. The van der Waals surface area contributed by atoms with Crippen LogP contribution in [0.4, 0.5) is 34.1 Å². The van der Waals surface area contributed by atoms with E-state index in [0.717, 1.165) is 24.3 Å². The zero-order valence-corrected chi connectivity index (χ0v) is 30.2. The summed E-state index contributed by atoms with van der Waals surface area (Å²) in [4.78, 5) is -3.10. The number of rotatable bonds is 18. The van der Waals surface area contributed by atoms with Crippen molar-refractivity contribution >= 4 is 96.8 Å². The summed E-state index contributed by atoms with van der Waals surface area (Å²) in [7, 11) is -23.7. The number of anilines is 2. The number of benzene rings is 3. The van der Waals surface area contributed by atoms with E-state index < -0.39 is 112 Å². The third-order valence-corrected chi connectivity index (χ3v) is 12.0. The lowest BCUT2D eigenvalue weighted by Crippen LogP contribution is -2.16. The standard InChI is InChI=1S/C22H24N6O18S6/c23-20-17(27-25-13-1-3-14(4-2-13)48(30,31)9-7-43-47-46-45-29)12-19(51(37,38)39)21(24)22(20)28-26-16-6-5-15(11-18(16)50(34,35)36)49(32,33)10-8-44-52(40,41)42/h1-6,11-12,29H,7-10,23-24H2,(H,34,35,36)(H,37,38,39)(H,40,41,42). The van der Waals surface area contributed by atoms with Gasteiger partial charge >= 0.3 is 10.4 Å². The fourth-order valence-corrected chi connectivity index (χ4v) is 7.95. The van der Waals surface area contributed by atoms with Crippen molar-refractivity contribution in [2.45, 2.75) is 19.6 Å². The third kappa shape index (κ3) is 11.9. The molecule has 3 rings (SSSR count). The molecule has 0 aliphatic rings. The van der Waals surface area contributed by atoms with Gasteiger partial charge in [-0.15, -0.1) is 19.7 Å². The Morgan fingerprint density at radius 2 is 1.19 bits per heavy atom. The molecule has 3 aromatic carbocycles. The molecule has 0 amide bonds. The summed E-state index contributed by atoms with van der Waals surface area (Å²) in [6.07, 6.45) is 0. The van der Waals surface area contributed by atoms with E-state index in [-0.39, 0.29) is 29.5 Å². The van der Waals surface area contributed by atoms with Gasteiger partial charge in [-0.1, -0.05) is 5.04 Å². The number of nitrogens with two attached hydrogens (primary N) is 2. The first-order valence-electron chi connectivity index (χ1n) is 13.0. The molecule has 0 radical (unpaired) electrons. The molecule has 0 saturated carbocycles. The molecule has 24 nitrogen and oxygen atoms in total. The highest BCUT2D eigenvalue weighted by atomic mass is 32.3.